The summed E-state index contributed by atoms with van der Waals surface area (Å²) in [6.45, 7) is 0. The van der Waals surface area contributed by atoms with Crippen LogP contribution in [0.15, 0.2) is 91.0 Å². The van der Waals surface area contributed by atoms with Crippen LogP contribution in [0, 0.1) is 5.92 Å². The van der Waals surface area contributed by atoms with Crippen molar-refractivity contribution in [2.45, 2.75) is 30.5 Å². The van der Waals surface area contributed by atoms with Crippen molar-refractivity contribution in [3.63, 3.8) is 0 Å². The molecule has 0 saturated carbocycles. The summed E-state index contributed by atoms with van der Waals surface area (Å²) in [5.74, 6) is -2.86. The normalized spacial score (nSPS) is 34.2. The average molecular weight is 461 g/mol. The predicted octanol–water partition coefficient (Wildman–Crippen LogP) is 7.23. The molecule has 4 aromatic rings. The number of rotatable bonds is 2. The molecule has 148 valence electrons. The summed E-state index contributed by atoms with van der Waals surface area (Å²) in [7, 11) is 0. The number of hydrogen-bond acceptors (Lipinski definition) is 0. The molecule has 0 unspecified atom stereocenters. The fourth-order valence-corrected chi connectivity index (χ4v) is 5.56. The van der Waals surface area contributed by atoms with Crippen molar-refractivity contribution in [2.75, 3.05) is 5.28 Å². The molecule has 0 fully saturated rings. The standard InChI is InChI=1S/C29H25Br/c30-19-28-27-12-6-5-10-23(27)17-26-16-22-9-3-4-11-24(22)18-29(26,28)25-14-13-20-7-1-2-8-21(20)15-25/h1-15,26,28H,16-19H2/t26-,28+,29+/m0/s1/i16D2,17D2,18D2,19D2. The fourth-order valence-electron chi connectivity index (χ4n) is 4.95. The number of halogens is 1. The van der Waals surface area contributed by atoms with Gasteiger partial charge in [-0.05, 0) is 63.6 Å². The first-order chi connectivity index (χ1) is 17.8. The van der Waals surface area contributed by atoms with Gasteiger partial charge >= 0.3 is 0 Å². The molecule has 0 saturated heterocycles. The number of hydrogen-bond donors (Lipinski definition) is 0. The first kappa shape index (κ1) is 11.9. The summed E-state index contributed by atoms with van der Waals surface area (Å²) in [5.41, 5.74) is -0.859. The molecule has 0 radical (unpaired) electrons. The van der Waals surface area contributed by atoms with E-state index in [2.05, 4.69) is 15.9 Å². The third-order valence-corrected chi connectivity index (χ3v) is 6.84. The minimum absolute atomic E-state index is 0.101. The van der Waals surface area contributed by atoms with Gasteiger partial charge in [-0.3, -0.25) is 0 Å². The molecular formula is C29H25Br. The zero-order valence-corrected chi connectivity index (χ0v) is 17.8. The van der Waals surface area contributed by atoms with Gasteiger partial charge in [-0.2, -0.15) is 0 Å². The lowest BCUT2D eigenvalue weighted by Crippen LogP contribution is -2.51. The van der Waals surface area contributed by atoms with E-state index >= 15 is 0 Å². The van der Waals surface area contributed by atoms with Gasteiger partial charge in [0, 0.05) is 27.6 Å². The maximum Gasteiger partial charge on any atom is 0.0393 e. The molecule has 30 heavy (non-hydrogen) atoms. The Balaban J connectivity index is 1.87. The van der Waals surface area contributed by atoms with Gasteiger partial charge in [0.15, 0.2) is 0 Å². The van der Waals surface area contributed by atoms with Crippen molar-refractivity contribution >= 4 is 26.7 Å². The van der Waals surface area contributed by atoms with Gasteiger partial charge in [0.1, 0.15) is 0 Å². The minimum Gasteiger partial charge on any atom is -0.0921 e. The second-order valence-electron chi connectivity index (χ2n) is 7.95. The molecule has 0 spiro atoms. The Morgan fingerprint density at radius 1 is 0.800 bits per heavy atom. The van der Waals surface area contributed by atoms with Crippen LogP contribution in [0.4, 0.5) is 0 Å². The number of alkyl halides is 1. The van der Waals surface area contributed by atoms with E-state index in [1.54, 1.807) is 54.6 Å². The summed E-state index contributed by atoms with van der Waals surface area (Å²) in [6, 6.07) is 25.9. The monoisotopic (exact) mass is 460 g/mol. The first-order valence-corrected chi connectivity index (χ1v) is 10.9. The molecule has 0 nitrogen and oxygen atoms in total. The molecular weight excluding hydrogens is 428 g/mol. The Morgan fingerprint density at radius 2 is 1.47 bits per heavy atom. The number of benzene rings is 4. The summed E-state index contributed by atoms with van der Waals surface area (Å²) < 4.78 is 75.4. The van der Waals surface area contributed by atoms with Crippen LogP contribution in [0.3, 0.4) is 0 Å². The van der Waals surface area contributed by atoms with Crippen molar-refractivity contribution in [2.24, 2.45) is 5.92 Å². The molecule has 0 aliphatic heterocycles. The van der Waals surface area contributed by atoms with Crippen molar-refractivity contribution in [1.82, 2.24) is 0 Å². The van der Waals surface area contributed by atoms with Crippen molar-refractivity contribution < 1.29 is 11.0 Å². The van der Waals surface area contributed by atoms with E-state index < -0.39 is 41.7 Å². The topological polar surface area (TPSA) is 0 Å². The Kier molecular flexibility index (Phi) is 2.81. The maximum absolute atomic E-state index is 9.78. The smallest absolute Gasteiger partial charge is 0.0393 e. The Labute approximate surface area is 198 Å². The van der Waals surface area contributed by atoms with Crippen LogP contribution in [0.5, 0.6) is 0 Å². The molecule has 6 rings (SSSR count). The van der Waals surface area contributed by atoms with Gasteiger partial charge in [-0.25, -0.2) is 0 Å². The summed E-state index contributed by atoms with van der Waals surface area (Å²) in [4.78, 5) is 0. The molecule has 0 amide bonds. The van der Waals surface area contributed by atoms with Gasteiger partial charge in [0.05, 0.1) is 0 Å². The highest BCUT2D eigenvalue weighted by Gasteiger charge is 2.52. The highest BCUT2D eigenvalue weighted by Crippen LogP contribution is 2.56. The van der Waals surface area contributed by atoms with E-state index in [9.17, 15) is 8.22 Å². The van der Waals surface area contributed by atoms with E-state index in [1.807, 2.05) is 30.3 Å². The van der Waals surface area contributed by atoms with E-state index in [-0.39, 0.29) is 16.7 Å². The fraction of sp³-hybridized carbons (Fsp3) is 0.241. The SMILES string of the molecule is [2H]C([2H])(Br)[C@@H]1c2ccccc2C([2H])([2H])[C@@H]2C([2H])([2H])c3ccccc3C([2H])([2H])[C@@]21c1ccc2ccccc2c1. The van der Waals surface area contributed by atoms with Gasteiger partial charge < -0.3 is 0 Å². The lowest BCUT2D eigenvalue weighted by molar-refractivity contribution is 0.190. The van der Waals surface area contributed by atoms with Crippen molar-refractivity contribution in [3.05, 3.63) is 119 Å². The summed E-state index contributed by atoms with van der Waals surface area (Å²) in [6.07, 6.45) is -7.02. The lowest BCUT2D eigenvalue weighted by Gasteiger charge is -2.53. The molecule has 2 aliphatic carbocycles. The molecule has 0 bridgehead atoms. The maximum atomic E-state index is 9.78. The minimum atomic E-state index is -2.35. The van der Waals surface area contributed by atoms with Crippen LogP contribution in [-0.4, -0.2) is 5.28 Å². The zero-order valence-electron chi connectivity index (χ0n) is 24.2. The third-order valence-electron chi connectivity index (χ3n) is 6.39. The second kappa shape index (κ2) is 7.10. The Hall–Kier alpha value is -2.38. The van der Waals surface area contributed by atoms with Crippen LogP contribution in [0.1, 0.15) is 44.7 Å². The summed E-state index contributed by atoms with van der Waals surface area (Å²) >= 11 is 3.24. The van der Waals surface area contributed by atoms with E-state index in [0.29, 0.717) is 11.1 Å². The van der Waals surface area contributed by atoms with E-state index in [4.69, 9.17) is 2.74 Å². The van der Waals surface area contributed by atoms with Crippen molar-refractivity contribution in [3.8, 4) is 0 Å². The molecule has 0 N–H and O–H groups in total. The van der Waals surface area contributed by atoms with Crippen LogP contribution in [0.25, 0.3) is 10.8 Å². The molecule has 4 aromatic carbocycles. The highest BCUT2D eigenvalue weighted by atomic mass is 79.9. The van der Waals surface area contributed by atoms with Gasteiger partial charge in [0.25, 0.3) is 0 Å². The largest absolute Gasteiger partial charge is 0.0921 e. The summed E-state index contributed by atoms with van der Waals surface area (Å²) in [5, 5.41) is -0.512. The molecule has 0 heterocycles. The van der Waals surface area contributed by atoms with Crippen molar-refractivity contribution in [1.29, 1.82) is 0 Å². The first-order valence-electron chi connectivity index (χ1n) is 14.1. The lowest BCUT2D eigenvalue weighted by atomic mass is 9.50. The zero-order chi connectivity index (χ0) is 27.3. The Bertz CT molecular complexity index is 1570. The van der Waals surface area contributed by atoms with Crippen LogP contribution < -0.4 is 0 Å². The molecule has 3 atom stereocenters. The third kappa shape index (κ3) is 2.65. The molecule has 2 aliphatic rings. The van der Waals surface area contributed by atoms with Gasteiger partial charge in [-0.1, -0.05) is 107 Å². The Morgan fingerprint density at radius 3 is 2.30 bits per heavy atom. The van der Waals surface area contributed by atoms with Gasteiger partial charge in [-0.15, -0.1) is 0 Å². The highest BCUT2D eigenvalue weighted by molar-refractivity contribution is 9.09. The van der Waals surface area contributed by atoms with Crippen LogP contribution >= 0.6 is 15.9 Å². The predicted molar refractivity (Wildman–Crippen MR) is 130 cm³/mol. The average Bonchev–Trinajstić information content (AvgIpc) is 2.86. The molecule has 1 heteroatoms. The van der Waals surface area contributed by atoms with E-state index in [1.165, 1.54) is 6.07 Å². The number of fused-ring (bicyclic) bond motifs is 4. The van der Waals surface area contributed by atoms with Gasteiger partial charge in [0.2, 0.25) is 0 Å². The van der Waals surface area contributed by atoms with Crippen LogP contribution in [0.2, 0.25) is 0 Å². The second-order valence-corrected chi connectivity index (χ2v) is 8.41. The quantitative estimate of drug-likeness (QED) is 0.276. The van der Waals surface area contributed by atoms with E-state index in [0.717, 1.165) is 10.8 Å². The van der Waals surface area contributed by atoms with Crippen LogP contribution in [-0.2, 0) is 24.5 Å². The molecule has 0 aromatic heterocycles.